The Bertz CT molecular complexity index is 251. The fourth-order valence-electron chi connectivity index (χ4n) is 2.70. The van der Waals surface area contributed by atoms with Gasteiger partial charge in [-0.15, -0.1) is 0 Å². The molecule has 1 heterocycles. The summed E-state index contributed by atoms with van der Waals surface area (Å²) in [5, 5.41) is 0. The number of hydrogen-bond acceptors (Lipinski definition) is 3. The number of nitrogens with zero attached hydrogens (tertiary/aromatic N) is 1. The van der Waals surface area contributed by atoms with Crippen molar-refractivity contribution in [3.8, 4) is 0 Å². The van der Waals surface area contributed by atoms with E-state index in [2.05, 4.69) is 17.2 Å². The minimum absolute atomic E-state index is 0.0710. The number of carbonyl (C=O) groups is 1. The first-order valence-electron chi connectivity index (χ1n) is 6.76. The Morgan fingerprint density at radius 2 is 2.18 bits per heavy atom. The zero-order valence-corrected chi connectivity index (χ0v) is 11.5. The highest BCUT2D eigenvalue weighted by Crippen LogP contribution is 2.26. The molecule has 0 aromatic carbocycles. The number of nitrogens with one attached hydrogen (secondary N) is 1. The summed E-state index contributed by atoms with van der Waals surface area (Å²) in [6, 6.07) is 0.651. The summed E-state index contributed by atoms with van der Waals surface area (Å²) in [6.07, 6.45) is 6.30. The molecule has 1 unspecified atom stereocenters. The van der Waals surface area contributed by atoms with Crippen molar-refractivity contribution in [1.82, 2.24) is 10.3 Å². The lowest BCUT2D eigenvalue weighted by Gasteiger charge is -2.39. The second-order valence-corrected chi connectivity index (χ2v) is 5.77. The zero-order chi connectivity index (χ0) is 12.9. The number of piperidine rings is 1. The van der Waals surface area contributed by atoms with Gasteiger partial charge in [0.15, 0.2) is 0 Å². The first kappa shape index (κ1) is 14.5. The molecule has 0 saturated carbocycles. The molecule has 1 rings (SSSR count). The number of amides is 1. The predicted octanol–water partition coefficient (Wildman–Crippen LogP) is 1.66. The quantitative estimate of drug-likeness (QED) is 0.437. The highest BCUT2D eigenvalue weighted by Gasteiger charge is 2.32. The summed E-state index contributed by atoms with van der Waals surface area (Å²) in [6.45, 7) is 8.08. The average molecular weight is 241 g/mol. The van der Waals surface area contributed by atoms with Crippen molar-refractivity contribution >= 4 is 5.91 Å². The van der Waals surface area contributed by atoms with Gasteiger partial charge in [-0.05, 0) is 39.7 Å². The number of hydrazine groups is 1. The van der Waals surface area contributed by atoms with Crippen molar-refractivity contribution in [1.29, 1.82) is 0 Å². The van der Waals surface area contributed by atoms with Gasteiger partial charge in [0.05, 0.1) is 5.41 Å². The topological polar surface area (TPSA) is 58.4 Å². The van der Waals surface area contributed by atoms with Crippen LogP contribution in [0.4, 0.5) is 0 Å². The molecule has 1 saturated heterocycles. The Balaban J connectivity index is 2.60. The van der Waals surface area contributed by atoms with Gasteiger partial charge in [0, 0.05) is 12.6 Å². The standard InChI is InChI=1S/C13H27N3O/c1-4-7-11-8-5-6-9-16(11)10-13(2,3)12(17)15-14/h11H,4-10,14H2,1-3H3,(H,15,17). The Morgan fingerprint density at radius 1 is 1.47 bits per heavy atom. The second-order valence-electron chi connectivity index (χ2n) is 5.77. The maximum atomic E-state index is 11.7. The van der Waals surface area contributed by atoms with E-state index < -0.39 is 5.41 Å². The fraction of sp³-hybridized carbons (Fsp3) is 0.923. The molecule has 17 heavy (non-hydrogen) atoms. The highest BCUT2D eigenvalue weighted by molar-refractivity contribution is 5.81. The maximum absolute atomic E-state index is 11.7. The van der Waals surface area contributed by atoms with Crippen LogP contribution in [0.2, 0.25) is 0 Å². The van der Waals surface area contributed by atoms with Crippen LogP contribution in [-0.2, 0) is 4.79 Å². The number of likely N-dealkylation sites (tertiary alicyclic amines) is 1. The van der Waals surface area contributed by atoms with Crippen LogP contribution in [-0.4, -0.2) is 29.9 Å². The van der Waals surface area contributed by atoms with Crippen LogP contribution in [0.1, 0.15) is 52.9 Å². The molecule has 100 valence electrons. The van der Waals surface area contributed by atoms with Crippen molar-refractivity contribution in [3.63, 3.8) is 0 Å². The van der Waals surface area contributed by atoms with Crippen LogP contribution < -0.4 is 11.3 Å². The molecule has 1 aliphatic rings. The lowest BCUT2D eigenvalue weighted by atomic mass is 9.88. The van der Waals surface area contributed by atoms with E-state index in [1.165, 1.54) is 32.1 Å². The van der Waals surface area contributed by atoms with E-state index in [9.17, 15) is 4.79 Å². The molecular formula is C13H27N3O. The summed E-state index contributed by atoms with van der Waals surface area (Å²) in [5.74, 6) is 5.17. The molecule has 1 fully saturated rings. The van der Waals surface area contributed by atoms with Gasteiger partial charge in [0.1, 0.15) is 0 Å². The smallest absolute Gasteiger partial charge is 0.240 e. The molecule has 0 aromatic heterocycles. The van der Waals surface area contributed by atoms with Gasteiger partial charge in [-0.2, -0.15) is 0 Å². The van der Waals surface area contributed by atoms with Crippen LogP contribution in [0.15, 0.2) is 0 Å². The molecule has 0 radical (unpaired) electrons. The van der Waals surface area contributed by atoms with Crippen molar-refractivity contribution in [2.45, 2.75) is 58.9 Å². The number of nitrogens with two attached hydrogens (primary N) is 1. The normalized spacial score (nSPS) is 22.5. The monoisotopic (exact) mass is 241 g/mol. The molecule has 3 N–H and O–H groups in total. The van der Waals surface area contributed by atoms with E-state index in [0.717, 1.165) is 13.1 Å². The van der Waals surface area contributed by atoms with Gasteiger partial charge in [0.2, 0.25) is 5.91 Å². The molecule has 1 atom stereocenters. The summed E-state index contributed by atoms with van der Waals surface area (Å²) < 4.78 is 0. The summed E-state index contributed by atoms with van der Waals surface area (Å²) >= 11 is 0. The van der Waals surface area contributed by atoms with E-state index in [4.69, 9.17) is 5.84 Å². The minimum Gasteiger partial charge on any atom is -0.299 e. The van der Waals surface area contributed by atoms with E-state index in [-0.39, 0.29) is 5.91 Å². The van der Waals surface area contributed by atoms with Crippen LogP contribution in [0, 0.1) is 5.41 Å². The van der Waals surface area contributed by atoms with Gasteiger partial charge >= 0.3 is 0 Å². The first-order chi connectivity index (χ1) is 8.01. The molecule has 1 aliphatic heterocycles. The molecular weight excluding hydrogens is 214 g/mol. The van der Waals surface area contributed by atoms with Crippen LogP contribution in [0.3, 0.4) is 0 Å². The maximum Gasteiger partial charge on any atom is 0.240 e. The zero-order valence-electron chi connectivity index (χ0n) is 11.5. The largest absolute Gasteiger partial charge is 0.299 e. The summed E-state index contributed by atoms with van der Waals surface area (Å²) in [5.41, 5.74) is 1.87. The van der Waals surface area contributed by atoms with Crippen molar-refractivity contribution in [3.05, 3.63) is 0 Å². The minimum atomic E-state index is -0.405. The summed E-state index contributed by atoms with van der Waals surface area (Å²) in [4.78, 5) is 14.2. The third kappa shape index (κ3) is 3.96. The Kier molecular flexibility index (Phi) is 5.40. The first-order valence-corrected chi connectivity index (χ1v) is 6.76. The third-order valence-corrected chi connectivity index (χ3v) is 3.72. The van der Waals surface area contributed by atoms with E-state index in [0.29, 0.717) is 6.04 Å². The van der Waals surface area contributed by atoms with Gasteiger partial charge in [-0.1, -0.05) is 19.8 Å². The molecule has 1 amide bonds. The number of rotatable bonds is 5. The van der Waals surface area contributed by atoms with E-state index in [1.54, 1.807) is 0 Å². The fourth-order valence-corrected chi connectivity index (χ4v) is 2.70. The van der Waals surface area contributed by atoms with Gasteiger partial charge in [-0.3, -0.25) is 15.1 Å². The molecule has 4 nitrogen and oxygen atoms in total. The molecule has 4 heteroatoms. The molecule has 0 aliphatic carbocycles. The van der Waals surface area contributed by atoms with Crippen molar-refractivity contribution in [2.75, 3.05) is 13.1 Å². The Labute approximate surface area is 105 Å². The number of carbonyl (C=O) groups excluding carboxylic acids is 1. The average Bonchev–Trinajstić information content (AvgIpc) is 2.30. The van der Waals surface area contributed by atoms with E-state index in [1.807, 2.05) is 13.8 Å². The SMILES string of the molecule is CCCC1CCCCN1CC(C)(C)C(=O)NN. The summed E-state index contributed by atoms with van der Waals surface area (Å²) in [7, 11) is 0. The predicted molar refractivity (Wildman–Crippen MR) is 70.2 cm³/mol. The highest BCUT2D eigenvalue weighted by atomic mass is 16.2. The number of hydrogen-bond donors (Lipinski definition) is 2. The third-order valence-electron chi connectivity index (χ3n) is 3.72. The van der Waals surface area contributed by atoms with Gasteiger partial charge < -0.3 is 0 Å². The second kappa shape index (κ2) is 6.36. The lowest BCUT2D eigenvalue weighted by Crippen LogP contribution is -2.51. The van der Waals surface area contributed by atoms with Crippen molar-refractivity contribution < 1.29 is 4.79 Å². The molecule has 0 aromatic rings. The van der Waals surface area contributed by atoms with Gasteiger partial charge in [0.25, 0.3) is 0 Å². The van der Waals surface area contributed by atoms with Crippen LogP contribution in [0.5, 0.6) is 0 Å². The lowest BCUT2D eigenvalue weighted by molar-refractivity contribution is -0.131. The van der Waals surface area contributed by atoms with Crippen LogP contribution >= 0.6 is 0 Å². The molecule has 0 spiro atoms. The van der Waals surface area contributed by atoms with Gasteiger partial charge in [-0.25, -0.2) is 5.84 Å². The Hall–Kier alpha value is -0.610. The van der Waals surface area contributed by atoms with Crippen molar-refractivity contribution in [2.24, 2.45) is 11.3 Å². The Morgan fingerprint density at radius 3 is 2.76 bits per heavy atom. The van der Waals surface area contributed by atoms with Crippen LogP contribution in [0.25, 0.3) is 0 Å². The van der Waals surface area contributed by atoms with E-state index >= 15 is 0 Å². The molecule has 0 bridgehead atoms.